The summed E-state index contributed by atoms with van der Waals surface area (Å²) >= 11 is 0. The van der Waals surface area contributed by atoms with E-state index in [0.29, 0.717) is 0 Å². The van der Waals surface area contributed by atoms with Crippen LogP contribution in [0.15, 0.2) is 24.5 Å². The number of aryl methyl sites for hydroxylation is 3. The number of nitrogens with one attached hydrogen (secondary N) is 1. The van der Waals surface area contributed by atoms with E-state index in [-0.39, 0.29) is 6.04 Å². The molecule has 18 heavy (non-hydrogen) atoms. The van der Waals surface area contributed by atoms with Crippen LogP contribution in [-0.2, 0) is 13.5 Å². The molecule has 0 aliphatic carbocycles. The van der Waals surface area contributed by atoms with Crippen molar-refractivity contribution >= 4 is 0 Å². The average Bonchev–Trinajstić information content (AvgIpc) is 2.77. The number of likely N-dealkylation sites (N-methyl/N-ethyl adjacent to an activating group) is 1. The van der Waals surface area contributed by atoms with Gasteiger partial charge >= 0.3 is 0 Å². The molecule has 1 N–H and O–H groups in total. The number of hydrogen-bond donors (Lipinski definition) is 1. The summed E-state index contributed by atoms with van der Waals surface area (Å²) in [5, 5.41) is 7.45. The van der Waals surface area contributed by atoms with Gasteiger partial charge in [0.2, 0.25) is 0 Å². The van der Waals surface area contributed by atoms with E-state index < -0.39 is 0 Å². The largest absolute Gasteiger partial charge is 0.310 e. The van der Waals surface area contributed by atoms with Crippen molar-refractivity contribution in [2.45, 2.75) is 26.3 Å². The molecule has 4 nitrogen and oxygen atoms in total. The Morgan fingerprint density at radius 1 is 1.33 bits per heavy atom. The number of benzene rings is 1. The quantitative estimate of drug-likeness (QED) is 0.893. The zero-order valence-corrected chi connectivity index (χ0v) is 11.4. The van der Waals surface area contributed by atoms with Gasteiger partial charge in [-0.2, -0.15) is 5.10 Å². The third-order valence-electron chi connectivity index (χ3n) is 3.34. The molecule has 1 heterocycles. The fourth-order valence-electron chi connectivity index (χ4n) is 2.18. The lowest BCUT2D eigenvalue weighted by atomic mass is 9.98. The van der Waals surface area contributed by atoms with Crippen LogP contribution in [0.3, 0.4) is 0 Å². The molecular weight excluding hydrogens is 224 g/mol. The van der Waals surface area contributed by atoms with E-state index >= 15 is 0 Å². The molecule has 0 fully saturated rings. The van der Waals surface area contributed by atoms with Crippen molar-refractivity contribution in [3.05, 3.63) is 47.0 Å². The summed E-state index contributed by atoms with van der Waals surface area (Å²) in [6.45, 7) is 4.28. The Morgan fingerprint density at radius 3 is 2.72 bits per heavy atom. The van der Waals surface area contributed by atoms with Crippen molar-refractivity contribution < 1.29 is 0 Å². The maximum atomic E-state index is 4.32. The number of hydrogen-bond acceptors (Lipinski definition) is 3. The number of aromatic nitrogens is 3. The molecule has 1 unspecified atom stereocenters. The molecule has 0 amide bonds. The van der Waals surface area contributed by atoms with Crippen molar-refractivity contribution in [1.29, 1.82) is 0 Å². The summed E-state index contributed by atoms with van der Waals surface area (Å²) in [4.78, 5) is 4.32. The molecule has 4 heteroatoms. The van der Waals surface area contributed by atoms with Crippen LogP contribution in [0, 0.1) is 13.8 Å². The molecule has 0 radical (unpaired) electrons. The Morgan fingerprint density at radius 2 is 2.11 bits per heavy atom. The van der Waals surface area contributed by atoms with E-state index in [1.54, 1.807) is 6.33 Å². The Bertz CT molecular complexity index is 530. The fourth-order valence-corrected chi connectivity index (χ4v) is 2.18. The maximum Gasteiger partial charge on any atom is 0.144 e. The predicted octanol–water partition coefficient (Wildman–Crippen LogP) is 1.94. The molecule has 0 aliphatic rings. The van der Waals surface area contributed by atoms with Gasteiger partial charge in [0.1, 0.15) is 12.2 Å². The monoisotopic (exact) mass is 244 g/mol. The molecule has 2 aromatic rings. The van der Waals surface area contributed by atoms with Crippen LogP contribution in [0.25, 0.3) is 0 Å². The van der Waals surface area contributed by atoms with Crippen LogP contribution in [0.2, 0.25) is 0 Å². The number of rotatable bonds is 4. The van der Waals surface area contributed by atoms with E-state index in [9.17, 15) is 0 Å². The number of nitrogens with zero attached hydrogens (tertiary/aromatic N) is 3. The summed E-state index contributed by atoms with van der Waals surface area (Å²) < 4.78 is 1.83. The summed E-state index contributed by atoms with van der Waals surface area (Å²) in [5.41, 5.74) is 3.98. The van der Waals surface area contributed by atoms with Crippen LogP contribution in [0.5, 0.6) is 0 Å². The summed E-state index contributed by atoms with van der Waals surface area (Å²) in [5.74, 6) is 0.971. The van der Waals surface area contributed by atoms with E-state index in [1.165, 1.54) is 16.7 Å². The predicted molar refractivity (Wildman–Crippen MR) is 72.4 cm³/mol. The van der Waals surface area contributed by atoms with Crippen molar-refractivity contribution in [1.82, 2.24) is 20.1 Å². The van der Waals surface area contributed by atoms with Crippen LogP contribution in [0.4, 0.5) is 0 Å². The maximum absolute atomic E-state index is 4.32. The third-order valence-corrected chi connectivity index (χ3v) is 3.34. The van der Waals surface area contributed by atoms with Crippen LogP contribution >= 0.6 is 0 Å². The Labute approximate surface area is 108 Å². The molecule has 1 aromatic heterocycles. The van der Waals surface area contributed by atoms with Crippen molar-refractivity contribution in [2.75, 3.05) is 7.05 Å². The topological polar surface area (TPSA) is 42.7 Å². The first-order valence-electron chi connectivity index (χ1n) is 6.19. The van der Waals surface area contributed by atoms with Gasteiger partial charge in [0.25, 0.3) is 0 Å². The van der Waals surface area contributed by atoms with Gasteiger partial charge in [-0.3, -0.25) is 4.68 Å². The first kappa shape index (κ1) is 12.8. The highest BCUT2D eigenvalue weighted by molar-refractivity contribution is 5.31. The van der Waals surface area contributed by atoms with Gasteiger partial charge in [0.05, 0.1) is 6.04 Å². The molecule has 96 valence electrons. The SMILES string of the molecule is CNC(Cc1cc(C)ccc1C)c1ncnn1C. The van der Waals surface area contributed by atoms with Gasteiger partial charge in [-0.05, 0) is 38.4 Å². The molecule has 0 saturated carbocycles. The van der Waals surface area contributed by atoms with Crippen molar-refractivity contribution in [2.24, 2.45) is 7.05 Å². The van der Waals surface area contributed by atoms with Crippen LogP contribution in [-0.4, -0.2) is 21.8 Å². The molecule has 0 spiro atoms. The zero-order chi connectivity index (χ0) is 13.1. The highest BCUT2D eigenvalue weighted by Gasteiger charge is 2.16. The molecule has 0 bridgehead atoms. The van der Waals surface area contributed by atoms with Gasteiger partial charge in [0.15, 0.2) is 0 Å². The van der Waals surface area contributed by atoms with Gasteiger partial charge in [-0.15, -0.1) is 0 Å². The standard InChI is InChI=1S/C14H20N4/c1-10-5-6-11(2)12(7-10)8-13(15-3)14-16-9-17-18(14)4/h5-7,9,13,15H,8H2,1-4H3. The van der Waals surface area contributed by atoms with Crippen molar-refractivity contribution in [3.8, 4) is 0 Å². The Kier molecular flexibility index (Phi) is 3.77. The fraction of sp³-hybridized carbons (Fsp3) is 0.429. The Balaban J connectivity index is 2.26. The lowest BCUT2D eigenvalue weighted by Gasteiger charge is -2.17. The third kappa shape index (κ3) is 2.59. The van der Waals surface area contributed by atoms with E-state index in [0.717, 1.165) is 12.2 Å². The lowest BCUT2D eigenvalue weighted by molar-refractivity contribution is 0.523. The molecule has 0 aliphatic heterocycles. The summed E-state index contributed by atoms with van der Waals surface area (Å²) in [6.07, 6.45) is 2.53. The minimum atomic E-state index is 0.193. The van der Waals surface area contributed by atoms with Gasteiger partial charge in [-0.25, -0.2) is 4.98 Å². The van der Waals surface area contributed by atoms with E-state index in [4.69, 9.17) is 0 Å². The van der Waals surface area contributed by atoms with E-state index in [1.807, 2.05) is 18.8 Å². The minimum Gasteiger partial charge on any atom is -0.310 e. The normalized spacial score (nSPS) is 12.7. The minimum absolute atomic E-state index is 0.193. The van der Waals surface area contributed by atoms with Crippen LogP contribution < -0.4 is 5.32 Å². The average molecular weight is 244 g/mol. The second-order valence-corrected chi connectivity index (χ2v) is 4.72. The molecule has 2 rings (SSSR count). The van der Waals surface area contributed by atoms with Crippen LogP contribution in [0.1, 0.15) is 28.6 Å². The van der Waals surface area contributed by atoms with E-state index in [2.05, 4.69) is 47.4 Å². The van der Waals surface area contributed by atoms with Gasteiger partial charge in [-0.1, -0.05) is 23.8 Å². The first-order valence-corrected chi connectivity index (χ1v) is 6.19. The van der Waals surface area contributed by atoms with Crippen molar-refractivity contribution in [3.63, 3.8) is 0 Å². The first-order chi connectivity index (χ1) is 8.61. The molecule has 0 saturated heterocycles. The summed E-state index contributed by atoms with van der Waals surface area (Å²) in [6, 6.07) is 6.76. The smallest absolute Gasteiger partial charge is 0.144 e. The second kappa shape index (κ2) is 5.31. The summed E-state index contributed by atoms with van der Waals surface area (Å²) in [7, 11) is 3.89. The highest BCUT2D eigenvalue weighted by Crippen LogP contribution is 2.19. The molecule has 1 atom stereocenters. The zero-order valence-electron chi connectivity index (χ0n) is 11.4. The van der Waals surface area contributed by atoms with Gasteiger partial charge < -0.3 is 5.32 Å². The van der Waals surface area contributed by atoms with Gasteiger partial charge in [0, 0.05) is 7.05 Å². The Hall–Kier alpha value is -1.68. The lowest BCUT2D eigenvalue weighted by Crippen LogP contribution is -2.23. The highest BCUT2D eigenvalue weighted by atomic mass is 15.3. The second-order valence-electron chi connectivity index (χ2n) is 4.72. The molecular formula is C14H20N4. The molecule has 1 aromatic carbocycles.